The fraction of sp³-hybridized carbons (Fsp3) is 0.500. The van der Waals surface area contributed by atoms with E-state index < -0.39 is 17.9 Å². The predicted octanol–water partition coefficient (Wildman–Crippen LogP) is 2.78. The van der Waals surface area contributed by atoms with Crippen LogP contribution in [0.4, 0.5) is 14.5 Å². The second-order valence-corrected chi connectivity index (χ2v) is 3.32. The SMILES string of the molecule is CCOC(CNc1cccc(F)c1F)OCC. The Morgan fingerprint density at radius 1 is 1.18 bits per heavy atom. The highest BCUT2D eigenvalue weighted by Gasteiger charge is 2.11. The highest BCUT2D eigenvalue weighted by Crippen LogP contribution is 2.16. The van der Waals surface area contributed by atoms with Crippen LogP contribution in [0.15, 0.2) is 18.2 Å². The first-order valence-electron chi connectivity index (χ1n) is 5.60. The molecule has 1 N–H and O–H groups in total. The minimum atomic E-state index is -0.890. The van der Waals surface area contributed by atoms with Crippen molar-refractivity contribution in [2.24, 2.45) is 0 Å². The molecule has 0 heterocycles. The molecule has 0 saturated carbocycles. The number of rotatable bonds is 7. The molecule has 0 aliphatic carbocycles. The summed E-state index contributed by atoms with van der Waals surface area (Å²) < 4.78 is 36.8. The second-order valence-electron chi connectivity index (χ2n) is 3.32. The molecule has 0 spiro atoms. The van der Waals surface area contributed by atoms with Crippen molar-refractivity contribution in [3.63, 3.8) is 0 Å². The van der Waals surface area contributed by atoms with Gasteiger partial charge in [-0.15, -0.1) is 0 Å². The van der Waals surface area contributed by atoms with Gasteiger partial charge in [-0.05, 0) is 26.0 Å². The Morgan fingerprint density at radius 2 is 1.82 bits per heavy atom. The summed E-state index contributed by atoms with van der Waals surface area (Å²) >= 11 is 0. The molecular formula is C12H17F2NO2. The molecule has 96 valence electrons. The van der Waals surface area contributed by atoms with Crippen LogP contribution in [0, 0.1) is 11.6 Å². The summed E-state index contributed by atoms with van der Waals surface area (Å²) in [7, 11) is 0. The van der Waals surface area contributed by atoms with Crippen molar-refractivity contribution in [3.05, 3.63) is 29.8 Å². The molecule has 0 bridgehead atoms. The largest absolute Gasteiger partial charge is 0.377 e. The van der Waals surface area contributed by atoms with E-state index in [-0.39, 0.29) is 12.2 Å². The third kappa shape index (κ3) is 4.28. The van der Waals surface area contributed by atoms with Crippen LogP contribution < -0.4 is 5.32 Å². The van der Waals surface area contributed by atoms with Crippen LogP contribution in [-0.2, 0) is 9.47 Å². The molecule has 5 heteroatoms. The van der Waals surface area contributed by atoms with Crippen LogP contribution in [-0.4, -0.2) is 26.0 Å². The Morgan fingerprint density at radius 3 is 2.41 bits per heavy atom. The zero-order valence-electron chi connectivity index (χ0n) is 10.0. The van der Waals surface area contributed by atoms with Crippen LogP contribution in [0.1, 0.15) is 13.8 Å². The third-order valence-corrected chi connectivity index (χ3v) is 2.12. The van der Waals surface area contributed by atoms with Gasteiger partial charge in [-0.2, -0.15) is 0 Å². The summed E-state index contributed by atoms with van der Waals surface area (Å²) in [6.45, 7) is 4.95. The smallest absolute Gasteiger partial charge is 0.181 e. The first-order valence-corrected chi connectivity index (χ1v) is 5.60. The molecule has 17 heavy (non-hydrogen) atoms. The number of ether oxygens (including phenoxy) is 2. The molecule has 0 unspecified atom stereocenters. The fourth-order valence-corrected chi connectivity index (χ4v) is 1.37. The second kappa shape index (κ2) is 7.19. The topological polar surface area (TPSA) is 30.5 Å². The number of hydrogen-bond acceptors (Lipinski definition) is 3. The Kier molecular flexibility index (Phi) is 5.86. The summed E-state index contributed by atoms with van der Waals surface area (Å²) in [5, 5.41) is 2.76. The number of anilines is 1. The zero-order valence-corrected chi connectivity index (χ0v) is 10.0. The van der Waals surface area contributed by atoms with Crippen molar-refractivity contribution < 1.29 is 18.3 Å². The van der Waals surface area contributed by atoms with Gasteiger partial charge in [-0.3, -0.25) is 0 Å². The van der Waals surface area contributed by atoms with Gasteiger partial charge < -0.3 is 14.8 Å². The minimum Gasteiger partial charge on any atom is -0.377 e. The summed E-state index contributed by atoms with van der Waals surface area (Å²) in [6.07, 6.45) is -0.465. The summed E-state index contributed by atoms with van der Waals surface area (Å²) in [4.78, 5) is 0. The number of nitrogens with one attached hydrogen (secondary N) is 1. The lowest BCUT2D eigenvalue weighted by molar-refractivity contribution is -0.126. The molecule has 1 rings (SSSR count). The monoisotopic (exact) mass is 245 g/mol. The highest BCUT2D eigenvalue weighted by atomic mass is 19.2. The van der Waals surface area contributed by atoms with Crippen LogP contribution in [0.25, 0.3) is 0 Å². The molecule has 0 fully saturated rings. The molecule has 0 radical (unpaired) electrons. The molecule has 0 aromatic heterocycles. The lowest BCUT2D eigenvalue weighted by Gasteiger charge is -2.18. The van der Waals surface area contributed by atoms with E-state index in [4.69, 9.17) is 9.47 Å². The standard InChI is InChI=1S/C12H17F2NO2/c1-3-16-11(17-4-2)8-15-10-7-5-6-9(13)12(10)14/h5-7,11,15H,3-4,8H2,1-2H3. The average Bonchev–Trinajstić information content (AvgIpc) is 2.31. The van der Waals surface area contributed by atoms with Crippen molar-refractivity contribution in [1.29, 1.82) is 0 Å². The normalized spacial score (nSPS) is 10.9. The maximum Gasteiger partial charge on any atom is 0.181 e. The van der Waals surface area contributed by atoms with E-state index in [9.17, 15) is 8.78 Å². The molecular weight excluding hydrogens is 228 g/mol. The van der Waals surface area contributed by atoms with Gasteiger partial charge in [-0.25, -0.2) is 8.78 Å². The van der Waals surface area contributed by atoms with Crippen molar-refractivity contribution in [1.82, 2.24) is 0 Å². The third-order valence-electron chi connectivity index (χ3n) is 2.12. The first-order chi connectivity index (χ1) is 8.19. The molecule has 0 amide bonds. The Bertz CT molecular complexity index is 341. The molecule has 0 atom stereocenters. The maximum atomic E-state index is 13.3. The number of benzene rings is 1. The Hall–Kier alpha value is -1.20. The lowest BCUT2D eigenvalue weighted by atomic mass is 10.3. The van der Waals surface area contributed by atoms with Gasteiger partial charge in [0.05, 0.1) is 12.2 Å². The predicted molar refractivity (Wildman–Crippen MR) is 61.9 cm³/mol. The number of hydrogen-bond donors (Lipinski definition) is 1. The van der Waals surface area contributed by atoms with Gasteiger partial charge in [0.1, 0.15) is 0 Å². The molecule has 0 aliphatic heterocycles. The van der Waals surface area contributed by atoms with Gasteiger partial charge in [0.15, 0.2) is 17.9 Å². The van der Waals surface area contributed by atoms with Crippen molar-refractivity contribution in [3.8, 4) is 0 Å². The number of halogens is 2. The van der Waals surface area contributed by atoms with E-state index in [0.29, 0.717) is 13.2 Å². The Balaban J connectivity index is 2.55. The Labute approximate surface area is 99.7 Å². The molecule has 3 nitrogen and oxygen atoms in total. The average molecular weight is 245 g/mol. The molecule has 1 aromatic carbocycles. The highest BCUT2D eigenvalue weighted by molar-refractivity contribution is 5.44. The van der Waals surface area contributed by atoms with E-state index in [1.54, 1.807) is 0 Å². The van der Waals surface area contributed by atoms with E-state index in [0.717, 1.165) is 6.07 Å². The van der Waals surface area contributed by atoms with Gasteiger partial charge >= 0.3 is 0 Å². The zero-order chi connectivity index (χ0) is 12.7. The quantitative estimate of drug-likeness (QED) is 0.749. The van der Waals surface area contributed by atoms with Crippen LogP contribution in [0.2, 0.25) is 0 Å². The molecule has 1 aromatic rings. The molecule has 0 saturated heterocycles. The van der Waals surface area contributed by atoms with Crippen molar-refractivity contribution in [2.45, 2.75) is 20.1 Å². The maximum absolute atomic E-state index is 13.3. The van der Waals surface area contributed by atoms with Crippen molar-refractivity contribution >= 4 is 5.69 Å². The lowest BCUT2D eigenvalue weighted by Crippen LogP contribution is -2.26. The van der Waals surface area contributed by atoms with Gasteiger partial charge in [0.25, 0.3) is 0 Å². The molecule has 0 aliphatic rings. The van der Waals surface area contributed by atoms with E-state index in [1.165, 1.54) is 12.1 Å². The van der Waals surface area contributed by atoms with Crippen molar-refractivity contribution in [2.75, 3.05) is 25.1 Å². The fourth-order valence-electron chi connectivity index (χ4n) is 1.37. The summed E-state index contributed by atoms with van der Waals surface area (Å²) in [6, 6.07) is 3.98. The van der Waals surface area contributed by atoms with Crippen LogP contribution >= 0.6 is 0 Å². The van der Waals surface area contributed by atoms with Crippen LogP contribution in [0.3, 0.4) is 0 Å². The van der Waals surface area contributed by atoms with Crippen LogP contribution in [0.5, 0.6) is 0 Å². The first kappa shape index (κ1) is 13.9. The van der Waals surface area contributed by atoms with E-state index in [1.807, 2.05) is 13.8 Å². The van der Waals surface area contributed by atoms with Gasteiger partial charge in [-0.1, -0.05) is 6.07 Å². The van der Waals surface area contributed by atoms with E-state index >= 15 is 0 Å². The van der Waals surface area contributed by atoms with Gasteiger partial charge in [0.2, 0.25) is 0 Å². The minimum absolute atomic E-state index is 0.106. The van der Waals surface area contributed by atoms with Gasteiger partial charge in [0, 0.05) is 13.2 Å². The summed E-state index contributed by atoms with van der Waals surface area (Å²) in [5.74, 6) is -1.77. The summed E-state index contributed by atoms with van der Waals surface area (Å²) in [5.41, 5.74) is 0.106. The van der Waals surface area contributed by atoms with E-state index in [2.05, 4.69) is 5.32 Å².